The van der Waals surface area contributed by atoms with Crippen molar-refractivity contribution in [1.29, 1.82) is 0 Å². The van der Waals surface area contributed by atoms with Crippen LogP contribution in [0.3, 0.4) is 0 Å². The van der Waals surface area contributed by atoms with Crippen molar-refractivity contribution in [3.8, 4) is 10.6 Å². The fraction of sp³-hybridized carbons (Fsp3) is 0.400. The van der Waals surface area contributed by atoms with Gasteiger partial charge in [-0.25, -0.2) is 13.4 Å². The molecule has 3 heterocycles. The number of aromatic nitrogens is 2. The molecule has 6 nitrogen and oxygen atoms in total. The van der Waals surface area contributed by atoms with Gasteiger partial charge in [-0.05, 0) is 25.5 Å². The molecule has 8 heteroatoms. The van der Waals surface area contributed by atoms with Crippen LogP contribution in [-0.4, -0.2) is 53.3 Å². The summed E-state index contributed by atoms with van der Waals surface area (Å²) in [5, 5.41) is 2.48. The molecule has 3 rings (SSSR count). The Morgan fingerprint density at radius 1 is 1.39 bits per heavy atom. The Morgan fingerprint density at radius 3 is 2.74 bits per heavy atom. The lowest BCUT2D eigenvalue weighted by molar-refractivity contribution is 0.0703. The molecule has 23 heavy (non-hydrogen) atoms. The number of pyridine rings is 1. The van der Waals surface area contributed by atoms with E-state index in [1.807, 2.05) is 19.1 Å². The van der Waals surface area contributed by atoms with Gasteiger partial charge in [0.1, 0.15) is 10.7 Å². The highest BCUT2D eigenvalue weighted by Gasteiger charge is 2.34. The molecular weight excluding hydrogens is 334 g/mol. The number of nitrogens with zero attached hydrogens (tertiary/aromatic N) is 3. The minimum atomic E-state index is -3.02. The van der Waals surface area contributed by atoms with E-state index in [0.29, 0.717) is 18.7 Å². The predicted octanol–water partition coefficient (Wildman–Crippen LogP) is 1.85. The molecule has 122 valence electrons. The summed E-state index contributed by atoms with van der Waals surface area (Å²) in [6.07, 6.45) is 3.86. The van der Waals surface area contributed by atoms with Crippen molar-refractivity contribution in [3.63, 3.8) is 0 Å². The van der Waals surface area contributed by atoms with E-state index in [2.05, 4.69) is 9.97 Å². The van der Waals surface area contributed by atoms with Crippen LogP contribution in [0.4, 0.5) is 0 Å². The number of rotatable bonds is 4. The van der Waals surface area contributed by atoms with Gasteiger partial charge >= 0.3 is 0 Å². The Hall–Kier alpha value is -1.80. The molecule has 0 aromatic carbocycles. The van der Waals surface area contributed by atoms with Crippen LogP contribution in [0.25, 0.3) is 10.6 Å². The SMILES string of the molecule is CCN(C(=O)c1csc(-c2ccncc2)n1)C1CCS(=O)(=O)C1. The fourth-order valence-corrected chi connectivity index (χ4v) is 5.27. The van der Waals surface area contributed by atoms with Crippen LogP contribution >= 0.6 is 11.3 Å². The summed E-state index contributed by atoms with van der Waals surface area (Å²) >= 11 is 1.40. The van der Waals surface area contributed by atoms with E-state index in [4.69, 9.17) is 0 Å². The van der Waals surface area contributed by atoms with Crippen LogP contribution in [0.2, 0.25) is 0 Å². The number of hydrogen-bond acceptors (Lipinski definition) is 6. The molecular formula is C15H17N3O3S2. The van der Waals surface area contributed by atoms with Crippen molar-refractivity contribution < 1.29 is 13.2 Å². The topological polar surface area (TPSA) is 80.2 Å². The minimum absolute atomic E-state index is 0.0495. The van der Waals surface area contributed by atoms with Crippen LogP contribution in [0, 0.1) is 0 Å². The van der Waals surface area contributed by atoms with Gasteiger partial charge in [0.15, 0.2) is 9.84 Å². The number of carbonyl (C=O) groups is 1. The Bertz CT molecular complexity index is 802. The average Bonchev–Trinajstić information content (AvgIpc) is 3.16. The number of amides is 1. The molecule has 1 amide bonds. The molecule has 0 bridgehead atoms. The van der Waals surface area contributed by atoms with Crippen molar-refractivity contribution in [3.05, 3.63) is 35.6 Å². The lowest BCUT2D eigenvalue weighted by Gasteiger charge is -2.25. The second kappa shape index (κ2) is 6.37. The second-order valence-corrected chi connectivity index (χ2v) is 8.51. The third kappa shape index (κ3) is 3.42. The largest absolute Gasteiger partial charge is 0.334 e. The summed E-state index contributed by atoms with van der Waals surface area (Å²) in [6, 6.07) is 3.44. The molecule has 1 aliphatic heterocycles. The van der Waals surface area contributed by atoms with E-state index in [9.17, 15) is 13.2 Å². The zero-order chi connectivity index (χ0) is 16.4. The minimum Gasteiger partial charge on any atom is -0.334 e. The first-order valence-corrected chi connectivity index (χ1v) is 10.1. The Labute approximate surface area is 139 Å². The normalized spacial score (nSPS) is 19.6. The quantitative estimate of drug-likeness (QED) is 0.840. The highest BCUT2D eigenvalue weighted by Crippen LogP contribution is 2.25. The van der Waals surface area contributed by atoms with E-state index < -0.39 is 9.84 Å². The first-order valence-electron chi connectivity index (χ1n) is 7.37. The highest BCUT2D eigenvalue weighted by molar-refractivity contribution is 7.91. The maximum Gasteiger partial charge on any atom is 0.273 e. The van der Waals surface area contributed by atoms with Crippen LogP contribution in [-0.2, 0) is 9.84 Å². The molecule has 0 N–H and O–H groups in total. The number of hydrogen-bond donors (Lipinski definition) is 0. The van der Waals surface area contributed by atoms with Crippen molar-refractivity contribution >= 4 is 27.1 Å². The van der Waals surface area contributed by atoms with Gasteiger partial charge in [0.05, 0.1) is 11.5 Å². The van der Waals surface area contributed by atoms with E-state index in [1.165, 1.54) is 11.3 Å². The van der Waals surface area contributed by atoms with Gasteiger partial charge in [0.25, 0.3) is 5.91 Å². The van der Waals surface area contributed by atoms with Gasteiger partial charge in [-0.3, -0.25) is 9.78 Å². The molecule has 0 aliphatic carbocycles. The first-order chi connectivity index (χ1) is 11.0. The standard InChI is InChI=1S/C15H17N3O3S2/c1-2-18(12-5-8-23(20,21)10-12)15(19)13-9-22-14(17-13)11-3-6-16-7-4-11/h3-4,6-7,9,12H,2,5,8,10H2,1H3. The number of sulfone groups is 1. The van der Waals surface area contributed by atoms with E-state index in [0.717, 1.165) is 10.6 Å². The fourth-order valence-electron chi connectivity index (χ4n) is 2.74. The van der Waals surface area contributed by atoms with Gasteiger partial charge in [-0.2, -0.15) is 0 Å². The molecule has 0 saturated carbocycles. The Kier molecular flexibility index (Phi) is 4.45. The summed E-state index contributed by atoms with van der Waals surface area (Å²) in [5.41, 5.74) is 1.28. The molecule has 1 aliphatic rings. The Morgan fingerprint density at radius 2 is 2.13 bits per heavy atom. The van der Waals surface area contributed by atoms with Gasteiger partial charge in [0.2, 0.25) is 0 Å². The predicted molar refractivity (Wildman–Crippen MR) is 89.1 cm³/mol. The molecule has 1 unspecified atom stereocenters. The first kappa shape index (κ1) is 16.1. The van der Waals surface area contributed by atoms with Gasteiger partial charge in [0, 0.05) is 35.9 Å². The van der Waals surface area contributed by atoms with Gasteiger partial charge < -0.3 is 4.90 Å². The lowest BCUT2D eigenvalue weighted by atomic mass is 10.2. The maximum absolute atomic E-state index is 12.7. The smallest absolute Gasteiger partial charge is 0.273 e. The van der Waals surface area contributed by atoms with Crippen LogP contribution in [0.15, 0.2) is 29.9 Å². The molecule has 1 fully saturated rings. The third-order valence-corrected chi connectivity index (χ3v) is 6.54. The van der Waals surface area contributed by atoms with Crippen LogP contribution in [0.1, 0.15) is 23.8 Å². The van der Waals surface area contributed by atoms with Crippen LogP contribution < -0.4 is 0 Å². The molecule has 1 atom stereocenters. The van der Waals surface area contributed by atoms with E-state index in [-0.39, 0.29) is 23.5 Å². The Balaban J connectivity index is 1.81. The van der Waals surface area contributed by atoms with Crippen molar-refractivity contribution in [2.75, 3.05) is 18.1 Å². The van der Waals surface area contributed by atoms with E-state index in [1.54, 1.807) is 22.7 Å². The summed E-state index contributed by atoms with van der Waals surface area (Å²) in [6.45, 7) is 2.33. The number of thiazole rings is 1. The third-order valence-electron chi connectivity index (χ3n) is 3.90. The van der Waals surface area contributed by atoms with E-state index >= 15 is 0 Å². The lowest BCUT2D eigenvalue weighted by Crippen LogP contribution is -2.41. The van der Waals surface area contributed by atoms with Crippen LogP contribution in [0.5, 0.6) is 0 Å². The van der Waals surface area contributed by atoms with Crippen molar-refractivity contribution in [2.24, 2.45) is 0 Å². The summed E-state index contributed by atoms with van der Waals surface area (Å²) < 4.78 is 23.3. The van der Waals surface area contributed by atoms with Crippen molar-refractivity contribution in [1.82, 2.24) is 14.9 Å². The monoisotopic (exact) mass is 351 g/mol. The molecule has 0 radical (unpaired) electrons. The molecule has 0 spiro atoms. The zero-order valence-electron chi connectivity index (χ0n) is 12.7. The summed E-state index contributed by atoms with van der Waals surface area (Å²) in [5.74, 6) is 0.000449. The summed E-state index contributed by atoms with van der Waals surface area (Å²) in [4.78, 5) is 22.7. The van der Waals surface area contributed by atoms with Gasteiger partial charge in [-0.1, -0.05) is 0 Å². The molecule has 2 aromatic heterocycles. The zero-order valence-corrected chi connectivity index (χ0v) is 14.3. The highest BCUT2D eigenvalue weighted by atomic mass is 32.2. The second-order valence-electron chi connectivity index (χ2n) is 5.42. The molecule has 1 saturated heterocycles. The molecule has 2 aromatic rings. The maximum atomic E-state index is 12.7. The van der Waals surface area contributed by atoms with Crippen molar-refractivity contribution in [2.45, 2.75) is 19.4 Å². The average molecular weight is 351 g/mol. The summed E-state index contributed by atoms with van der Waals surface area (Å²) in [7, 11) is -3.02. The van der Waals surface area contributed by atoms with Gasteiger partial charge in [-0.15, -0.1) is 11.3 Å². The number of carbonyl (C=O) groups excluding carboxylic acids is 1.